The van der Waals surface area contributed by atoms with Crippen molar-refractivity contribution in [2.75, 3.05) is 0 Å². The van der Waals surface area contributed by atoms with E-state index in [1.165, 1.54) is 0 Å². The number of aryl methyl sites for hydroxylation is 1. The van der Waals surface area contributed by atoms with E-state index in [1.807, 2.05) is 43.3 Å². The maximum Gasteiger partial charge on any atom is 0.223 e. The molecule has 1 aromatic carbocycles. The predicted molar refractivity (Wildman–Crippen MR) is 71.1 cm³/mol. The van der Waals surface area contributed by atoms with Gasteiger partial charge in [0.15, 0.2) is 0 Å². The average molecular weight is 293 g/mol. The molecule has 2 N–H and O–H groups in total. The lowest BCUT2D eigenvalue weighted by atomic mass is 10.2. The molecule has 1 aromatic heterocycles. The van der Waals surface area contributed by atoms with E-state index in [0.717, 1.165) is 21.5 Å². The Balaban J connectivity index is 2.32. The summed E-state index contributed by atoms with van der Waals surface area (Å²) in [5, 5.41) is 0. The SMILES string of the molecule is Cc1ccc(CN)c(Oc2cccc(Br)c2)n1. The maximum atomic E-state index is 5.74. The van der Waals surface area contributed by atoms with Crippen molar-refractivity contribution in [1.82, 2.24) is 4.98 Å². The highest BCUT2D eigenvalue weighted by Gasteiger charge is 2.06. The van der Waals surface area contributed by atoms with E-state index in [0.29, 0.717) is 12.4 Å². The van der Waals surface area contributed by atoms with Gasteiger partial charge in [-0.05, 0) is 31.2 Å². The zero-order valence-electron chi connectivity index (χ0n) is 9.48. The molecule has 0 spiro atoms. The average Bonchev–Trinajstić information content (AvgIpc) is 2.29. The summed E-state index contributed by atoms with van der Waals surface area (Å²) in [7, 11) is 0. The molecule has 0 bridgehead atoms. The van der Waals surface area contributed by atoms with Crippen LogP contribution in [0.15, 0.2) is 40.9 Å². The van der Waals surface area contributed by atoms with Crippen molar-refractivity contribution in [2.24, 2.45) is 5.73 Å². The Morgan fingerprint density at radius 2 is 2.12 bits per heavy atom. The Hall–Kier alpha value is -1.39. The van der Waals surface area contributed by atoms with Gasteiger partial charge in [0, 0.05) is 22.3 Å². The lowest BCUT2D eigenvalue weighted by Crippen LogP contribution is -2.02. The number of ether oxygens (including phenoxy) is 1. The third kappa shape index (κ3) is 3.05. The zero-order valence-corrected chi connectivity index (χ0v) is 11.1. The van der Waals surface area contributed by atoms with Crippen LogP contribution in [0.3, 0.4) is 0 Å². The molecule has 2 rings (SSSR count). The van der Waals surface area contributed by atoms with E-state index in [1.54, 1.807) is 0 Å². The molecule has 88 valence electrons. The minimum absolute atomic E-state index is 0.413. The molecule has 0 atom stereocenters. The van der Waals surface area contributed by atoms with Gasteiger partial charge in [-0.3, -0.25) is 0 Å². The van der Waals surface area contributed by atoms with Crippen LogP contribution in [-0.2, 0) is 6.54 Å². The summed E-state index contributed by atoms with van der Waals surface area (Å²) in [6.45, 7) is 2.34. The molecule has 0 saturated carbocycles. The first-order chi connectivity index (χ1) is 8.19. The summed E-state index contributed by atoms with van der Waals surface area (Å²) in [6.07, 6.45) is 0. The van der Waals surface area contributed by atoms with Crippen LogP contribution >= 0.6 is 15.9 Å². The van der Waals surface area contributed by atoms with Gasteiger partial charge in [-0.15, -0.1) is 0 Å². The van der Waals surface area contributed by atoms with Crippen LogP contribution < -0.4 is 10.5 Å². The number of rotatable bonds is 3. The minimum atomic E-state index is 0.413. The highest BCUT2D eigenvalue weighted by atomic mass is 79.9. The quantitative estimate of drug-likeness (QED) is 0.943. The topological polar surface area (TPSA) is 48.1 Å². The van der Waals surface area contributed by atoms with Gasteiger partial charge < -0.3 is 10.5 Å². The fourth-order valence-electron chi connectivity index (χ4n) is 1.45. The number of hydrogen-bond donors (Lipinski definition) is 1. The third-order valence-electron chi connectivity index (χ3n) is 2.31. The van der Waals surface area contributed by atoms with Crippen molar-refractivity contribution >= 4 is 15.9 Å². The summed E-state index contributed by atoms with van der Waals surface area (Å²) >= 11 is 3.40. The Bertz CT molecular complexity index is 529. The molecule has 0 aliphatic rings. The number of nitrogens with zero attached hydrogens (tertiary/aromatic N) is 1. The van der Waals surface area contributed by atoms with Gasteiger partial charge in [-0.1, -0.05) is 28.1 Å². The van der Waals surface area contributed by atoms with Gasteiger partial charge in [0.05, 0.1) is 0 Å². The molecule has 0 saturated heterocycles. The van der Waals surface area contributed by atoms with Gasteiger partial charge in [-0.25, -0.2) is 4.98 Å². The lowest BCUT2D eigenvalue weighted by Gasteiger charge is -2.09. The van der Waals surface area contributed by atoms with Crippen LogP contribution in [0, 0.1) is 6.92 Å². The number of benzene rings is 1. The van der Waals surface area contributed by atoms with Crippen LogP contribution in [0.5, 0.6) is 11.6 Å². The smallest absolute Gasteiger partial charge is 0.223 e. The molecule has 0 unspecified atom stereocenters. The molecular formula is C13H13BrN2O. The van der Waals surface area contributed by atoms with Gasteiger partial charge >= 0.3 is 0 Å². The van der Waals surface area contributed by atoms with E-state index in [-0.39, 0.29) is 0 Å². The van der Waals surface area contributed by atoms with E-state index < -0.39 is 0 Å². The summed E-state index contributed by atoms with van der Waals surface area (Å²) in [6, 6.07) is 11.5. The lowest BCUT2D eigenvalue weighted by molar-refractivity contribution is 0.455. The van der Waals surface area contributed by atoms with E-state index >= 15 is 0 Å². The molecule has 17 heavy (non-hydrogen) atoms. The van der Waals surface area contributed by atoms with Crippen LogP contribution in [0.2, 0.25) is 0 Å². The fraction of sp³-hybridized carbons (Fsp3) is 0.154. The molecule has 0 fully saturated rings. The number of halogens is 1. The molecule has 0 aliphatic heterocycles. The Morgan fingerprint density at radius 1 is 1.29 bits per heavy atom. The van der Waals surface area contributed by atoms with E-state index in [4.69, 9.17) is 10.5 Å². The van der Waals surface area contributed by atoms with Crippen LogP contribution in [0.1, 0.15) is 11.3 Å². The monoisotopic (exact) mass is 292 g/mol. The summed E-state index contributed by atoms with van der Waals surface area (Å²) in [4.78, 5) is 4.35. The highest BCUT2D eigenvalue weighted by Crippen LogP contribution is 2.25. The number of aromatic nitrogens is 1. The van der Waals surface area contributed by atoms with Gasteiger partial charge in [0.1, 0.15) is 5.75 Å². The first-order valence-corrected chi connectivity index (χ1v) is 6.08. The van der Waals surface area contributed by atoms with Gasteiger partial charge in [-0.2, -0.15) is 0 Å². The van der Waals surface area contributed by atoms with Crippen molar-refractivity contribution in [3.05, 3.63) is 52.1 Å². The van der Waals surface area contributed by atoms with Crippen molar-refractivity contribution in [2.45, 2.75) is 13.5 Å². The molecule has 3 nitrogen and oxygen atoms in total. The van der Waals surface area contributed by atoms with E-state index in [9.17, 15) is 0 Å². The second-order valence-electron chi connectivity index (χ2n) is 3.68. The molecule has 0 amide bonds. The summed E-state index contributed by atoms with van der Waals surface area (Å²) in [5.74, 6) is 1.32. The Morgan fingerprint density at radius 3 is 2.82 bits per heavy atom. The van der Waals surface area contributed by atoms with E-state index in [2.05, 4.69) is 20.9 Å². The van der Waals surface area contributed by atoms with Crippen molar-refractivity contribution in [3.63, 3.8) is 0 Å². The zero-order chi connectivity index (χ0) is 12.3. The second kappa shape index (κ2) is 5.29. The summed E-state index contributed by atoms with van der Waals surface area (Å²) < 4.78 is 6.71. The van der Waals surface area contributed by atoms with Crippen LogP contribution in [-0.4, -0.2) is 4.98 Å². The normalized spacial score (nSPS) is 10.3. The maximum absolute atomic E-state index is 5.74. The number of pyridine rings is 1. The van der Waals surface area contributed by atoms with Crippen LogP contribution in [0.4, 0.5) is 0 Å². The molecule has 2 aromatic rings. The van der Waals surface area contributed by atoms with Crippen molar-refractivity contribution in [3.8, 4) is 11.6 Å². The molecule has 1 heterocycles. The first-order valence-electron chi connectivity index (χ1n) is 5.29. The van der Waals surface area contributed by atoms with Crippen molar-refractivity contribution in [1.29, 1.82) is 0 Å². The van der Waals surface area contributed by atoms with Gasteiger partial charge in [0.25, 0.3) is 0 Å². The van der Waals surface area contributed by atoms with Crippen LogP contribution in [0.25, 0.3) is 0 Å². The highest BCUT2D eigenvalue weighted by molar-refractivity contribution is 9.10. The standard InChI is InChI=1S/C13H13BrN2O/c1-9-5-6-10(8-15)13(16-9)17-12-4-2-3-11(14)7-12/h2-7H,8,15H2,1H3. The fourth-order valence-corrected chi connectivity index (χ4v) is 1.83. The molecule has 0 aliphatic carbocycles. The number of nitrogens with two attached hydrogens (primary N) is 1. The summed E-state index contributed by atoms with van der Waals surface area (Å²) in [5.41, 5.74) is 7.46. The number of hydrogen-bond acceptors (Lipinski definition) is 3. The first kappa shape index (κ1) is 12.1. The molecule has 0 radical (unpaired) electrons. The Labute approximate surface area is 109 Å². The largest absolute Gasteiger partial charge is 0.439 e. The molecule has 4 heteroatoms. The second-order valence-corrected chi connectivity index (χ2v) is 4.60. The minimum Gasteiger partial charge on any atom is -0.439 e. The Kier molecular flexibility index (Phi) is 3.76. The van der Waals surface area contributed by atoms with Gasteiger partial charge in [0.2, 0.25) is 5.88 Å². The van der Waals surface area contributed by atoms with Crippen molar-refractivity contribution < 1.29 is 4.74 Å². The third-order valence-corrected chi connectivity index (χ3v) is 2.80. The molecular weight excluding hydrogens is 280 g/mol. The predicted octanol–water partition coefficient (Wildman–Crippen LogP) is 3.40.